The zero-order valence-corrected chi connectivity index (χ0v) is 6.98. The van der Waals surface area contributed by atoms with Gasteiger partial charge in [0.15, 0.2) is 17.5 Å². The Kier molecular flexibility index (Phi) is 1.88. The van der Waals surface area contributed by atoms with Crippen LogP contribution in [0.25, 0.3) is 5.69 Å². The summed E-state index contributed by atoms with van der Waals surface area (Å²) >= 11 is 0. The Labute approximate surface area is 78.0 Å². The van der Waals surface area contributed by atoms with Crippen molar-refractivity contribution in [3.05, 3.63) is 36.0 Å². The lowest BCUT2D eigenvalue weighted by Crippen LogP contribution is -2.03. The quantitative estimate of drug-likeness (QED) is 0.743. The SMILES string of the molecule is Nc1cnn(-c2cccc(F)c2F)n1. The molecule has 1 heterocycles. The Hall–Kier alpha value is -1.98. The molecule has 0 fully saturated rings. The number of nitrogen functional groups attached to an aromatic ring is 1. The van der Waals surface area contributed by atoms with E-state index in [-0.39, 0.29) is 11.5 Å². The molecule has 0 aliphatic heterocycles. The van der Waals surface area contributed by atoms with E-state index in [4.69, 9.17) is 5.73 Å². The first-order chi connectivity index (χ1) is 6.68. The minimum atomic E-state index is -0.997. The number of nitrogens with two attached hydrogens (primary N) is 1. The molecule has 1 aromatic carbocycles. The zero-order chi connectivity index (χ0) is 10.1. The first kappa shape index (κ1) is 8.61. The van der Waals surface area contributed by atoms with Crippen molar-refractivity contribution in [2.45, 2.75) is 0 Å². The number of aromatic nitrogens is 3. The lowest BCUT2D eigenvalue weighted by molar-refractivity contribution is 0.497. The minimum absolute atomic E-state index is 0.0679. The van der Waals surface area contributed by atoms with Crippen LogP contribution in [-0.4, -0.2) is 15.0 Å². The van der Waals surface area contributed by atoms with Crippen molar-refractivity contribution in [3.63, 3.8) is 0 Å². The van der Waals surface area contributed by atoms with Gasteiger partial charge in [-0.25, -0.2) is 8.78 Å². The molecule has 2 aromatic rings. The standard InChI is InChI=1S/C8H6F2N4/c9-5-2-1-3-6(8(5)10)14-12-4-7(11)13-14/h1-4H,(H2,11,13). The summed E-state index contributed by atoms with van der Waals surface area (Å²) in [6.07, 6.45) is 1.25. The Morgan fingerprint density at radius 2 is 2.07 bits per heavy atom. The molecule has 0 aliphatic rings. The average Bonchev–Trinajstić information content (AvgIpc) is 2.57. The summed E-state index contributed by atoms with van der Waals surface area (Å²) < 4.78 is 26.0. The second kappa shape index (κ2) is 3.06. The van der Waals surface area contributed by atoms with Gasteiger partial charge < -0.3 is 5.73 Å². The van der Waals surface area contributed by atoms with Crippen LogP contribution in [0.2, 0.25) is 0 Å². The largest absolute Gasteiger partial charge is 0.381 e. The lowest BCUT2D eigenvalue weighted by atomic mass is 10.3. The highest BCUT2D eigenvalue weighted by atomic mass is 19.2. The fraction of sp³-hybridized carbons (Fsp3) is 0. The number of anilines is 1. The van der Waals surface area contributed by atoms with Gasteiger partial charge in [-0.2, -0.15) is 5.10 Å². The Morgan fingerprint density at radius 3 is 2.71 bits per heavy atom. The molecule has 0 bridgehead atoms. The highest BCUT2D eigenvalue weighted by molar-refractivity contribution is 5.33. The summed E-state index contributed by atoms with van der Waals surface area (Å²) in [6.45, 7) is 0. The first-order valence-electron chi connectivity index (χ1n) is 3.80. The maximum atomic E-state index is 13.2. The van der Waals surface area contributed by atoms with Gasteiger partial charge in [0, 0.05) is 0 Å². The predicted octanol–water partition coefficient (Wildman–Crippen LogP) is 1.13. The third-order valence-electron chi connectivity index (χ3n) is 1.66. The van der Waals surface area contributed by atoms with Crippen molar-refractivity contribution in [1.82, 2.24) is 15.0 Å². The number of benzene rings is 1. The van der Waals surface area contributed by atoms with E-state index in [1.54, 1.807) is 0 Å². The fourth-order valence-corrected chi connectivity index (χ4v) is 1.04. The van der Waals surface area contributed by atoms with E-state index in [0.717, 1.165) is 10.9 Å². The van der Waals surface area contributed by atoms with E-state index in [9.17, 15) is 8.78 Å². The van der Waals surface area contributed by atoms with E-state index in [1.165, 1.54) is 18.3 Å². The van der Waals surface area contributed by atoms with Gasteiger partial charge in [-0.15, -0.1) is 9.90 Å². The van der Waals surface area contributed by atoms with Gasteiger partial charge >= 0.3 is 0 Å². The molecule has 72 valence electrons. The van der Waals surface area contributed by atoms with E-state index in [0.29, 0.717) is 0 Å². The third-order valence-corrected chi connectivity index (χ3v) is 1.66. The number of hydrogen-bond acceptors (Lipinski definition) is 3. The molecule has 14 heavy (non-hydrogen) atoms. The van der Waals surface area contributed by atoms with Crippen LogP contribution in [0.3, 0.4) is 0 Å². The summed E-state index contributed by atoms with van der Waals surface area (Å²) in [6, 6.07) is 3.75. The zero-order valence-electron chi connectivity index (χ0n) is 6.98. The Bertz CT molecular complexity index is 466. The van der Waals surface area contributed by atoms with Crippen LogP contribution < -0.4 is 5.73 Å². The van der Waals surface area contributed by atoms with Gasteiger partial charge in [-0.05, 0) is 12.1 Å². The lowest BCUT2D eigenvalue weighted by Gasteiger charge is -2.00. The summed E-state index contributed by atoms with van der Waals surface area (Å²) in [5, 5.41) is 7.32. The molecule has 0 radical (unpaired) electrons. The topological polar surface area (TPSA) is 56.7 Å². The molecule has 4 nitrogen and oxygen atoms in total. The monoisotopic (exact) mass is 196 g/mol. The van der Waals surface area contributed by atoms with E-state index in [2.05, 4.69) is 10.2 Å². The molecule has 2 rings (SSSR count). The highest BCUT2D eigenvalue weighted by Gasteiger charge is 2.10. The van der Waals surface area contributed by atoms with Crippen LogP contribution in [0.15, 0.2) is 24.4 Å². The van der Waals surface area contributed by atoms with E-state index >= 15 is 0 Å². The molecule has 0 aliphatic carbocycles. The maximum absolute atomic E-state index is 13.2. The molecule has 1 aromatic heterocycles. The summed E-state index contributed by atoms with van der Waals surface area (Å²) in [4.78, 5) is 0.938. The van der Waals surface area contributed by atoms with Gasteiger partial charge in [-0.3, -0.25) is 0 Å². The third kappa shape index (κ3) is 1.30. The van der Waals surface area contributed by atoms with E-state index in [1.807, 2.05) is 0 Å². The highest BCUT2D eigenvalue weighted by Crippen LogP contribution is 2.14. The smallest absolute Gasteiger partial charge is 0.186 e. The van der Waals surface area contributed by atoms with Crippen molar-refractivity contribution in [2.75, 3.05) is 5.73 Å². The van der Waals surface area contributed by atoms with Crippen LogP contribution in [0.5, 0.6) is 0 Å². The summed E-state index contributed by atoms with van der Waals surface area (Å²) in [5.41, 5.74) is 5.23. The van der Waals surface area contributed by atoms with Gasteiger partial charge in [0.25, 0.3) is 0 Å². The summed E-state index contributed by atoms with van der Waals surface area (Å²) in [7, 11) is 0. The first-order valence-corrected chi connectivity index (χ1v) is 3.80. The molecule has 0 saturated heterocycles. The van der Waals surface area contributed by atoms with Gasteiger partial charge in [0.05, 0.1) is 6.20 Å². The number of halogens is 2. The molecule has 0 unspecified atom stereocenters. The second-order valence-electron chi connectivity index (χ2n) is 2.63. The molecule has 0 spiro atoms. The maximum Gasteiger partial charge on any atom is 0.186 e. The molecule has 0 amide bonds. The van der Waals surface area contributed by atoms with Crippen LogP contribution in [0, 0.1) is 11.6 Å². The molecule has 0 atom stereocenters. The van der Waals surface area contributed by atoms with Gasteiger partial charge in [-0.1, -0.05) is 6.07 Å². The van der Waals surface area contributed by atoms with Crippen molar-refractivity contribution >= 4 is 5.82 Å². The second-order valence-corrected chi connectivity index (χ2v) is 2.63. The Morgan fingerprint density at radius 1 is 1.29 bits per heavy atom. The summed E-state index contributed by atoms with van der Waals surface area (Å²) in [5.74, 6) is -1.80. The Balaban J connectivity index is 2.57. The van der Waals surface area contributed by atoms with E-state index < -0.39 is 11.6 Å². The fourth-order valence-electron chi connectivity index (χ4n) is 1.04. The van der Waals surface area contributed by atoms with Crippen molar-refractivity contribution < 1.29 is 8.78 Å². The van der Waals surface area contributed by atoms with Crippen molar-refractivity contribution in [3.8, 4) is 5.69 Å². The normalized spacial score (nSPS) is 10.4. The number of rotatable bonds is 1. The van der Waals surface area contributed by atoms with Crippen LogP contribution in [0.4, 0.5) is 14.6 Å². The average molecular weight is 196 g/mol. The molecular weight excluding hydrogens is 190 g/mol. The van der Waals surface area contributed by atoms with Crippen LogP contribution in [-0.2, 0) is 0 Å². The predicted molar refractivity (Wildman–Crippen MR) is 45.7 cm³/mol. The molecular formula is C8H6F2N4. The number of hydrogen-bond donors (Lipinski definition) is 1. The van der Waals surface area contributed by atoms with Crippen LogP contribution >= 0.6 is 0 Å². The van der Waals surface area contributed by atoms with Crippen molar-refractivity contribution in [1.29, 1.82) is 0 Å². The van der Waals surface area contributed by atoms with Gasteiger partial charge in [0.1, 0.15) is 5.69 Å². The van der Waals surface area contributed by atoms with Crippen LogP contribution in [0.1, 0.15) is 0 Å². The molecule has 2 N–H and O–H groups in total. The minimum Gasteiger partial charge on any atom is -0.381 e. The van der Waals surface area contributed by atoms with Gasteiger partial charge in [0.2, 0.25) is 0 Å². The number of nitrogens with zero attached hydrogens (tertiary/aromatic N) is 3. The molecule has 6 heteroatoms. The van der Waals surface area contributed by atoms with Crippen molar-refractivity contribution in [2.24, 2.45) is 0 Å². The molecule has 0 saturated carbocycles.